The number of carboxylic acid groups (broad SMARTS) is 1. The van der Waals surface area contributed by atoms with E-state index >= 15 is 0 Å². The number of nitrogens with one attached hydrogen (secondary N) is 1. The van der Waals surface area contributed by atoms with Crippen LogP contribution in [0.1, 0.15) is 33.3 Å². The number of ether oxygens (including phenoxy) is 1. The molecule has 1 unspecified atom stereocenters. The molecule has 1 amide bonds. The smallest absolute Gasteiger partial charge is 0.449 e. The molecule has 1 aliphatic rings. The van der Waals surface area contributed by atoms with Gasteiger partial charge in [-0.25, -0.2) is 4.79 Å². The van der Waals surface area contributed by atoms with Crippen molar-refractivity contribution in [3.05, 3.63) is 46.7 Å². The maximum atomic E-state index is 11.3. The van der Waals surface area contributed by atoms with Gasteiger partial charge >= 0.3 is 6.16 Å². The van der Waals surface area contributed by atoms with Crippen LogP contribution in [0, 0.1) is 0 Å². The van der Waals surface area contributed by atoms with E-state index in [1.54, 1.807) is 24.3 Å². The van der Waals surface area contributed by atoms with Crippen molar-refractivity contribution < 1.29 is 24.0 Å². The van der Waals surface area contributed by atoms with Gasteiger partial charge in [-0.1, -0.05) is 24.4 Å². The SMILES string of the molecule is NC(=O)c1cccc(C(=S)C2NCCc3onc(OC(=O)O)c32)c1. The average molecular weight is 347 g/mol. The molecule has 1 aliphatic heterocycles. The Morgan fingerprint density at radius 2 is 2.17 bits per heavy atom. The van der Waals surface area contributed by atoms with Crippen molar-refractivity contribution in [1.82, 2.24) is 10.5 Å². The van der Waals surface area contributed by atoms with Gasteiger partial charge in [0, 0.05) is 23.4 Å². The maximum absolute atomic E-state index is 11.3. The molecular weight excluding hydrogens is 334 g/mol. The highest BCUT2D eigenvalue weighted by atomic mass is 32.1. The summed E-state index contributed by atoms with van der Waals surface area (Å²) in [5.74, 6) is -0.177. The Morgan fingerprint density at radius 3 is 2.88 bits per heavy atom. The molecule has 1 atom stereocenters. The first-order chi connectivity index (χ1) is 11.5. The maximum Gasteiger partial charge on any atom is 0.512 e. The number of benzene rings is 1. The molecule has 2 heterocycles. The number of nitrogens with zero attached hydrogens (tertiary/aromatic N) is 1. The number of primary amides is 1. The van der Waals surface area contributed by atoms with Crippen molar-refractivity contribution in [1.29, 1.82) is 0 Å². The van der Waals surface area contributed by atoms with Crippen LogP contribution in [0.3, 0.4) is 0 Å². The number of rotatable bonds is 4. The molecule has 2 aromatic rings. The molecule has 124 valence electrons. The monoisotopic (exact) mass is 347 g/mol. The zero-order chi connectivity index (χ0) is 17.3. The van der Waals surface area contributed by atoms with Crippen LogP contribution >= 0.6 is 12.2 Å². The second kappa shape index (κ2) is 6.38. The van der Waals surface area contributed by atoms with Gasteiger partial charge in [0.05, 0.1) is 11.6 Å². The zero-order valence-electron chi connectivity index (χ0n) is 12.3. The molecule has 4 N–H and O–H groups in total. The highest BCUT2D eigenvalue weighted by molar-refractivity contribution is 7.81. The van der Waals surface area contributed by atoms with E-state index in [2.05, 4.69) is 15.2 Å². The summed E-state index contributed by atoms with van der Waals surface area (Å²) in [5, 5.41) is 15.7. The lowest BCUT2D eigenvalue weighted by Crippen LogP contribution is -2.34. The zero-order valence-corrected chi connectivity index (χ0v) is 13.1. The molecule has 0 radical (unpaired) electrons. The third kappa shape index (κ3) is 2.99. The summed E-state index contributed by atoms with van der Waals surface area (Å²) in [6.07, 6.45) is -0.955. The highest BCUT2D eigenvalue weighted by Crippen LogP contribution is 2.34. The van der Waals surface area contributed by atoms with Crippen LogP contribution in [0.15, 0.2) is 28.8 Å². The third-order valence-electron chi connectivity index (χ3n) is 3.64. The topological polar surface area (TPSA) is 128 Å². The molecule has 1 aromatic carbocycles. The minimum atomic E-state index is -1.49. The largest absolute Gasteiger partial charge is 0.512 e. The fraction of sp³-hybridized carbons (Fsp3) is 0.200. The summed E-state index contributed by atoms with van der Waals surface area (Å²) in [7, 11) is 0. The number of aromatic nitrogens is 1. The van der Waals surface area contributed by atoms with Gasteiger partial charge < -0.3 is 25.4 Å². The highest BCUT2D eigenvalue weighted by Gasteiger charge is 2.33. The Labute approximate surface area is 141 Å². The molecule has 0 bridgehead atoms. The van der Waals surface area contributed by atoms with E-state index < -0.39 is 18.1 Å². The minimum absolute atomic E-state index is 0.136. The van der Waals surface area contributed by atoms with Gasteiger partial charge in [-0.05, 0) is 22.9 Å². The lowest BCUT2D eigenvalue weighted by Gasteiger charge is -2.24. The van der Waals surface area contributed by atoms with E-state index in [-0.39, 0.29) is 5.88 Å². The molecule has 0 spiro atoms. The van der Waals surface area contributed by atoms with Gasteiger partial charge in [0.2, 0.25) is 5.91 Å². The second-order valence-electron chi connectivity index (χ2n) is 5.14. The summed E-state index contributed by atoms with van der Waals surface area (Å²) in [5.41, 5.74) is 6.70. The Hall–Kier alpha value is -2.78. The average Bonchev–Trinajstić information content (AvgIpc) is 2.96. The summed E-state index contributed by atoms with van der Waals surface area (Å²) >= 11 is 5.51. The van der Waals surface area contributed by atoms with Crippen LogP contribution in [0.4, 0.5) is 4.79 Å². The normalized spacial score (nSPS) is 16.2. The van der Waals surface area contributed by atoms with E-state index in [1.807, 2.05) is 0 Å². The van der Waals surface area contributed by atoms with Crippen molar-refractivity contribution >= 4 is 29.1 Å². The Morgan fingerprint density at radius 1 is 1.42 bits per heavy atom. The number of carbonyl (C=O) groups is 2. The van der Waals surface area contributed by atoms with Crippen LogP contribution < -0.4 is 15.8 Å². The summed E-state index contributed by atoms with van der Waals surface area (Å²) < 4.78 is 9.82. The number of amides is 1. The quantitative estimate of drug-likeness (QED) is 0.430. The summed E-state index contributed by atoms with van der Waals surface area (Å²) in [6.45, 7) is 0.578. The minimum Gasteiger partial charge on any atom is -0.449 e. The molecule has 24 heavy (non-hydrogen) atoms. The number of thiocarbonyl (C=S) groups is 1. The van der Waals surface area contributed by atoms with Gasteiger partial charge in [0.15, 0.2) is 0 Å². The predicted molar refractivity (Wildman–Crippen MR) is 86.3 cm³/mol. The van der Waals surface area contributed by atoms with Crippen LogP contribution in [0.25, 0.3) is 0 Å². The van der Waals surface area contributed by atoms with Gasteiger partial charge in [0.25, 0.3) is 5.88 Å². The standard InChI is InChI=1S/C15H13N3O5S/c16-13(19)8-3-1-2-7(6-8)12(24)11-10-9(4-5-17-11)23-18-14(10)22-15(20)21/h1-3,6,11,17H,4-5H2,(H2,16,19)(H,20,21). The molecule has 0 saturated carbocycles. The Bertz CT molecular complexity index is 832. The molecule has 3 rings (SSSR count). The molecule has 0 saturated heterocycles. The van der Waals surface area contributed by atoms with E-state index in [0.717, 1.165) is 0 Å². The van der Waals surface area contributed by atoms with Crippen LogP contribution in [0.5, 0.6) is 5.88 Å². The fourth-order valence-electron chi connectivity index (χ4n) is 2.58. The fourth-order valence-corrected chi connectivity index (χ4v) is 2.91. The number of fused-ring (bicyclic) bond motifs is 1. The summed E-state index contributed by atoms with van der Waals surface area (Å²) in [4.78, 5) is 22.6. The van der Waals surface area contributed by atoms with E-state index in [4.69, 9.17) is 27.6 Å². The number of hydrogen-bond donors (Lipinski definition) is 3. The molecular formula is C15H13N3O5S. The molecule has 0 aliphatic carbocycles. The first-order valence-corrected chi connectivity index (χ1v) is 7.45. The van der Waals surface area contributed by atoms with Crippen molar-refractivity contribution in [2.24, 2.45) is 5.73 Å². The third-order valence-corrected chi connectivity index (χ3v) is 4.11. The first-order valence-electron chi connectivity index (χ1n) is 7.04. The lowest BCUT2D eigenvalue weighted by atomic mass is 9.94. The van der Waals surface area contributed by atoms with Crippen molar-refractivity contribution in [3.8, 4) is 5.88 Å². The first kappa shape index (κ1) is 16.1. The van der Waals surface area contributed by atoms with Crippen LogP contribution in [0.2, 0.25) is 0 Å². The van der Waals surface area contributed by atoms with E-state index in [1.165, 1.54) is 0 Å². The van der Waals surface area contributed by atoms with Crippen molar-refractivity contribution in [3.63, 3.8) is 0 Å². The van der Waals surface area contributed by atoms with Crippen molar-refractivity contribution in [2.75, 3.05) is 6.54 Å². The lowest BCUT2D eigenvalue weighted by molar-refractivity contribution is 0.1000. The Balaban J connectivity index is 1.98. The van der Waals surface area contributed by atoms with E-state index in [9.17, 15) is 9.59 Å². The number of hydrogen-bond acceptors (Lipinski definition) is 7. The molecule has 1 aromatic heterocycles. The Kier molecular flexibility index (Phi) is 4.28. The van der Waals surface area contributed by atoms with Crippen molar-refractivity contribution in [2.45, 2.75) is 12.5 Å². The molecule has 9 heteroatoms. The van der Waals surface area contributed by atoms with Gasteiger partial charge in [-0.2, -0.15) is 0 Å². The summed E-state index contributed by atoms with van der Waals surface area (Å²) in [6, 6.07) is 6.08. The molecule has 8 nitrogen and oxygen atoms in total. The molecule has 0 fully saturated rings. The van der Waals surface area contributed by atoms with Gasteiger partial charge in [0.1, 0.15) is 5.76 Å². The predicted octanol–water partition coefficient (Wildman–Crippen LogP) is 1.44. The van der Waals surface area contributed by atoms with Gasteiger partial charge in [-0.15, -0.1) is 0 Å². The van der Waals surface area contributed by atoms with E-state index in [0.29, 0.717) is 40.3 Å². The van der Waals surface area contributed by atoms with Gasteiger partial charge in [-0.3, -0.25) is 4.79 Å². The van der Waals surface area contributed by atoms with Crippen LogP contribution in [-0.4, -0.2) is 33.7 Å². The van der Waals surface area contributed by atoms with Crippen LogP contribution in [-0.2, 0) is 6.42 Å². The second-order valence-corrected chi connectivity index (χ2v) is 5.58. The number of carbonyl (C=O) groups excluding carboxylic acids is 1. The number of nitrogens with two attached hydrogens (primary N) is 1.